The van der Waals surface area contributed by atoms with E-state index in [-0.39, 0.29) is 18.7 Å². The van der Waals surface area contributed by atoms with Gasteiger partial charge in [0.2, 0.25) is 6.41 Å². The van der Waals surface area contributed by atoms with Crippen molar-refractivity contribution in [1.82, 2.24) is 9.62 Å². The molecule has 1 aromatic carbocycles. The van der Waals surface area contributed by atoms with Gasteiger partial charge in [0, 0.05) is 33.8 Å². The van der Waals surface area contributed by atoms with Gasteiger partial charge in [-0.2, -0.15) is 0 Å². The van der Waals surface area contributed by atoms with Crippen LogP contribution in [0.4, 0.5) is 8.78 Å². The van der Waals surface area contributed by atoms with E-state index in [1.807, 2.05) is 18.2 Å². The summed E-state index contributed by atoms with van der Waals surface area (Å²) in [5.74, 6) is -1.60. The van der Waals surface area contributed by atoms with Crippen LogP contribution in [0.25, 0.3) is 0 Å². The smallest absolute Gasteiger partial charge is 0.207 e. The monoisotopic (exact) mass is 507 g/mol. The third-order valence-corrected chi connectivity index (χ3v) is 5.26. The number of nitrogens with two attached hydrogens (primary N) is 1. The molecule has 5 N–H and O–H groups in total. The van der Waals surface area contributed by atoms with Crippen molar-refractivity contribution in [1.29, 1.82) is 0 Å². The summed E-state index contributed by atoms with van der Waals surface area (Å²) in [4.78, 5) is 10.3. The summed E-state index contributed by atoms with van der Waals surface area (Å²) in [6, 6.07) is 5.03. The maximum Gasteiger partial charge on any atom is 0.207 e. The molecule has 1 saturated heterocycles. The zero-order valence-electron chi connectivity index (χ0n) is 15.1. The van der Waals surface area contributed by atoms with Crippen LogP contribution in [-0.4, -0.2) is 59.3 Å². The average Bonchev–Trinajstić information content (AvgIpc) is 3.10. The molecule has 0 radical (unpaired) electrons. The average molecular weight is 507 g/mol. The van der Waals surface area contributed by atoms with Crippen molar-refractivity contribution in [2.45, 2.75) is 38.5 Å². The number of carbonyl (C=O) groups is 1. The van der Waals surface area contributed by atoms with Gasteiger partial charge in [-0.3, -0.25) is 4.79 Å². The van der Waals surface area contributed by atoms with Crippen molar-refractivity contribution in [3.05, 3.63) is 35.9 Å². The molecule has 10 heteroatoms. The lowest BCUT2D eigenvalue weighted by Gasteiger charge is -2.23. The van der Waals surface area contributed by atoms with Gasteiger partial charge in [-0.15, -0.1) is 0 Å². The van der Waals surface area contributed by atoms with Gasteiger partial charge < -0.3 is 21.3 Å². The fourth-order valence-corrected chi connectivity index (χ4v) is 3.97. The molecule has 6 nitrogen and oxygen atoms in total. The fourth-order valence-electron chi connectivity index (χ4n) is 2.04. The molecule has 1 fully saturated rings. The Morgan fingerprint density at radius 3 is 2.23 bits per heavy atom. The van der Waals surface area contributed by atoms with E-state index in [1.165, 1.54) is 28.3 Å². The third kappa shape index (κ3) is 10.6. The van der Waals surface area contributed by atoms with Gasteiger partial charge in [0.1, 0.15) is 0 Å². The maximum atomic E-state index is 11.9. The number of benzene rings is 1. The van der Waals surface area contributed by atoms with Gasteiger partial charge in [0.15, 0.2) is 11.6 Å². The first-order valence-corrected chi connectivity index (χ1v) is 11.4. The van der Waals surface area contributed by atoms with Gasteiger partial charge in [-0.25, -0.2) is 13.1 Å². The van der Waals surface area contributed by atoms with Gasteiger partial charge in [0.05, 0.1) is 18.8 Å². The second-order valence-electron chi connectivity index (χ2n) is 4.62. The quantitative estimate of drug-likeness (QED) is 0.277. The topological polar surface area (TPSA) is 98.8 Å². The van der Waals surface area contributed by atoms with Gasteiger partial charge in [-0.05, 0) is 34.7 Å². The Morgan fingerprint density at radius 2 is 1.88 bits per heavy atom. The van der Waals surface area contributed by atoms with Gasteiger partial charge in [-0.1, -0.05) is 26.0 Å². The van der Waals surface area contributed by atoms with Crippen molar-refractivity contribution >= 4 is 36.7 Å². The molecule has 1 aliphatic rings. The molecule has 1 aromatic rings. The minimum absolute atomic E-state index is 0.0703. The van der Waals surface area contributed by atoms with Crippen molar-refractivity contribution in [2.75, 3.05) is 20.2 Å². The summed E-state index contributed by atoms with van der Waals surface area (Å²) in [6.45, 7) is 4.46. The molecular formula is C16H28F2IN3O3S. The molecule has 0 aromatic heterocycles. The van der Waals surface area contributed by atoms with E-state index in [9.17, 15) is 18.7 Å². The zero-order valence-corrected chi connectivity index (χ0v) is 18.1. The Kier molecular flexibility index (Phi) is 19.0. The van der Waals surface area contributed by atoms with Crippen LogP contribution in [-0.2, 0) is 4.79 Å². The Labute approximate surface area is 170 Å². The van der Waals surface area contributed by atoms with Crippen LogP contribution in [0.15, 0.2) is 24.3 Å². The lowest BCUT2D eigenvalue weighted by atomic mass is 10.1. The Hall–Kier alpha value is -0.530. The lowest BCUT2D eigenvalue weighted by Crippen LogP contribution is -2.36. The van der Waals surface area contributed by atoms with Crippen molar-refractivity contribution in [3.8, 4) is 0 Å². The largest absolute Gasteiger partial charge is 0.394 e. The van der Waals surface area contributed by atoms with E-state index in [2.05, 4.69) is 32.3 Å². The van der Waals surface area contributed by atoms with E-state index < -0.39 is 17.7 Å². The highest BCUT2D eigenvalue weighted by Gasteiger charge is 2.36. The van der Waals surface area contributed by atoms with Gasteiger partial charge >= 0.3 is 0 Å². The Morgan fingerprint density at radius 1 is 1.38 bits per heavy atom. The minimum atomic E-state index is -0.799. The second kappa shape index (κ2) is 17.9. The highest BCUT2D eigenvalue weighted by Crippen LogP contribution is 2.31. The number of halogens is 3. The maximum absolute atomic E-state index is 11.9. The molecule has 0 spiro atoms. The molecule has 1 aliphatic heterocycles. The molecule has 1 unspecified atom stereocenters. The SMILES string of the molecule is CC.CN.Fc1ccccc1F.O=CN[C@@H]1C[C@H](C(O)CO)N(SI)C1. The molecular weight excluding hydrogens is 479 g/mol. The van der Waals surface area contributed by atoms with E-state index in [4.69, 9.17) is 5.11 Å². The fraction of sp³-hybridized carbons (Fsp3) is 0.562. The first-order valence-electron chi connectivity index (χ1n) is 8.05. The minimum Gasteiger partial charge on any atom is -0.394 e. The normalized spacial score (nSPS) is 19.6. The molecule has 0 saturated carbocycles. The molecule has 26 heavy (non-hydrogen) atoms. The molecule has 152 valence electrons. The number of nitrogens with zero attached hydrogens (tertiary/aromatic N) is 1. The van der Waals surface area contributed by atoms with Crippen LogP contribution in [0.3, 0.4) is 0 Å². The van der Waals surface area contributed by atoms with Crippen LogP contribution in [0.5, 0.6) is 0 Å². The van der Waals surface area contributed by atoms with E-state index in [0.29, 0.717) is 19.4 Å². The highest BCUT2D eigenvalue weighted by molar-refractivity contribution is 14.2. The predicted molar refractivity (Wildman–Crippen MR) is 111 cm³/mol. The molecule has 2 rings (SSSR count). The van der Waals surface area contributed by atoms with Crippen LogP contribution >= 0.6 is 30.3 Å². The molecule has 0 bridgehead atoms. The second-order valence-corrected chi connectivity index (χ2v) is 6.41. The van der Waals surface area contributed by atoms with Crippen molar-refractivity contribution in [2.24, 2.45) is 5.73 Å². The van der Waals surface area contributed by atoms with Crippen LogP contribution in [0.1, 0.15) is 20.3 Å². The first kappa shape index (κ1) is 27.7. The predicted octanol–water partition coefficient (Wildman–Crippen LogP) is 2.09. The number of amides is 1. The number of carbonyl (C=O) groups excluding carboxylic acids is 1. The molecule has 0 aliphatic carbocycles. The van der Waals surface area contributed by atoms with Crippen molar-refractivity contribution in [3.63, 3.8) is 0 Å². The summed E-state index contributed by atoms with van der Waals surface area (Å²) < 4.78 is 25.9. The standard InChI is InChI=1S/C7H13IN2O3S.C6H4F2.C2H6.CH5N/c8-14-10-2-5(9-4-12)1-6(10)7(13)3-11;7-5-3-1-2-4-6(5)8;2*1-2/h4-7,11,13H,1-3H2,(H,9,12);1-4H;1-2H3;2H2,1H3/t5-,6-,7?;;;/m1.../s1. The summed E-state index contributed by atoms with van der Waals surface area (Å²) in [7, 11) is 2.99. The number of nitrogens with one attached hydrogen (secondary N) is 1. The summed E-state index contributed by atoms with van der Waals surface area (Å²) in [6.07, 6.45) is 0.612. The van der Waals surface area contributed by atoms with Crippen LogP contribution < -0.4 is 11.1 Å². The summed E-state index contributed by atoms with van der Waals surface area (Å²) in [5, 5.41) is 21.1. The van der Waals surface area contributed by atoms with E-state index in [1.54, 1.807) is 0 Å². The third-order valence-electron chi connectivity index (χ3n) is 3.14. The molecule has 1 amide bonds. The number of aliphatic hydroxyl groups is 2. The zero-order chi connectivity index (χ0) is 20.5. The first-order chi connectivity index (χ1) is 12.5. The van der Waals surface area contributed by atoms with Gasteiger partial charge in [0.25, 0.3) is 0 Å². The van der Waals surface area contributed by atoms with E-state index >= 15 is 0 Å². The van der Waals surface area contributed by atoms with Crippen molar-refractivity contribution < 1.29 is 23.8 Å². The van der Waals surface area contributed by atoms with Crippen LogP contribution in [0.2, 0.25) is 0 Å². The number of hydrogen-bond acceptors (Lipinski definition) is 6. The van der Waals surface area contributed by atoms with E-state index in [0.717, 1.165) is 12.1 Å². The number of rotatable bonds is 5. The Bertz CT molecular complexity index is 457. The van der Waals surface area contributed by atoms with Crippen LogP contribution in [0, 0.1) is 11.6 Å². The summed E-state index contributed by atoms with van der Waals surface area (Å²) >= 11 is 2.13. The number of aliphatic hydroxyl groups excluding tert-OH is 2. The molecule has 1 heterocycles. The Balaban J connectivity index is 0. The molecule has 3 atom stereocenters. The highest BCUT2D eigenvalue weighted by atomic mass is 127. The summed E-state index contributed by atoms with van der Waals surface area (Å²) in [5.41, 5.74) is 4.50. The number of hydrogen-bond donors (Lipinski definition) is 4. The lowest BCUT2D eigenvalue weighted by molar-refractivity contribution is -0.110.